The number of benzene rings is 1. The van der Waals surface area contributed by atoms with E-state index in [-0.39, 0.29) is 18.6 Å². The summed E-state index contributed by atoms with van der Waals surface area (Å²) in [5.41, 5.74) is 0. The Morgan fingerprint density at radius 1 is 1.24 bits per heavy atom. The van der Waals surface area contributed by atoms with Crippen molar-refractivity contribution in [2.45, 2.75) is 23.8 Å². The Morgan fingerprint density at radius 2 is 1.90 bits per heavy atom. The maximum atomic E-state index is 12.1. The molecule has 1 aliphatic rings. The summed E-state index contributed by atoms with van der Waals surface area (Å²) in [6, 6.07) is 9.85. The number of amides is 1. The van der Waals surface area contributed by atoms with E-state index >= 15 is 0 Å². The Balaban J connectivity index is 1.69. The van der Waals surface area contributed by atoms with E-state index < -0.39 is 5.97 Å². The molecule has 1 N–H and O–H groups in total. The second-order valence-electron chi connectivity index (χ2n) is 4.89. The number of thioether (sulfide) groups is 1. The van der Waals surface area contributed by atoms with Gasteiger partial charge in [-0.1, -0.05) is 18.2 Å². The molecule has 0 spiro atoms. The molecular weight excluding hydrogens is 290 g/mol. The Bertz CT molecular complexity index is 472. The lowest BCUT2D eigenvalue weighted by molar-refractivity contribution is -0.146. The molecule has 1 aromatic carbocycles. The molecule has 0 radical (unpaired) electrons. The van der Waals surface area contributed by atoms with Gasteiger partial charge < -0.3 is 14.7 Å². The van der Waals surface area contributed by atoms with Crippen LogP contribution in [0.5, 0.6) is 0 Å². The highest BCUT2D eigenvalue weighted by atomic mass is 32.2. The van der Waals surface area contributed by atoms with Crippen LogP contribution in [0.2, 0.25) is 0 Å². The van der Waals surface area contributed by atoms with Gasteiger partial charge in [0, 0.05) is 18.0 Å². The largest absolute Gasteiger partial charge is 0.480 e. The third-order valence-electron chi connectivity index (χ3n) is 3.34. The highest BCUT2D eigenvalue weighted by Crippen LogP contribution is 2.19. The second-order valence-corrected chi connectivity index (χ2v) is 5.94. The Hall–Kier alpha value is -1.53. The summed E-state index contributed by atoms with van der Waals surface area (Å²) in [6.45, 7) is 1.01. The van der Waals surface area contributed by atoms with E-state index in [4.69, 9.17) is 9.84 Å². The minimum absolute atomic E-state index is 0.0491. The fourth-order valence-electron chi connectivity index (χ4n) is 2.21. The first-order valence-electron chi connectivity index (χ1n) is 6.94. The summed E-state index contributed by atoms with van der Waals surface area (Å²) < 4.78 is 5.26. The number of nitrogens with zero attached hydrogens (tertiary/aromatic N) is 1. The molecule has 0 unspecified atom stereocenters. The molecule has 0 aliphatic carbocycles. The zero-order valence-corrected chi connectivity index (χ0v) is 12.6. The molecule has 114 valence electrons. The van der Waals surface area contributed by atoms with E-state index in [1.54, 1.807) is 0 Å². The predicted molar refractivity (Wildman–Crippen MR) is 80.4 cm³/mol. The number of ether oxygens (including phenoxy) is 1. The Kier molecular flexibility index (Phi) is 6.07. The molecule has 5 nitrogen and oxygen atoms in total. The van der Waals surface area contributed by atoms with E-state index in [1.165, 1.54) is 11.8 Å². The number of rotatable bonds is 6. The first kappa shape index (κ1) is 15.9. The molecule has 1 fully saturated rings. The highest BCUT2D eigenvalue weighted by molar-refractivity contribution is 8.00. The van der Waals surface area contributed by atoms with Crippen molar-refractivity contribution >= 4 is 23.6 Å². The number of hydrogen-bond donors (Lipinski definition) is 1. The van der Waals surface area contributed by atoms with Crippen molar-refractivity contribution < 1.29 is 19.4 Å². The van der Waals surface area contributed by atoms with Crippen molar-refractivity contribution in [3.05, 3.63) is 30.3 Å². The lowest BCUT2D eigenvalue weighted by Gasteiger charge is -2.31. The second kappa shape index (κ2) is 8.05. The van der Waals surface area contributed by atoms with Crippen LogP contribution >= 0.6 is 11.8 Å². The quantitative estimate of drug-likeness (QED) is 0.813. The van der Waals surface area contributed by atoms with Crippen molar-refractivity contribution in [2.24, 2.45) is 0 Å². The molecule has 6 heteroatoms. The summed E-state index contributed by atoms with van der Waals surface area (Å²) in [5.74, 6) is -0.390. The molecular formula is C15H19NO4S. The minimum atomic E-state index is -0.951. The number of piperidine rings is 1. The van der Waals surface area contributed by atoms with Gasteiger partial charge in [0.05, 0.1) is 11.9 Å². The van der Waals surface area contributed by atoms with Crippen LogP contribution in [0.25, 0.3) is 0 Å². The van der Waals surface area contributed by atoms with E-state index in [1.807, 2.05) is 35.2 Å². The molecule has 1 aliphatic heterocycles. The first-order chi connectivity index (χ1) is 10.1. The number of aliphatic carboxylic acids is 1. The molecule has 0 saturated carbocycles. The average molecular weight is 309 g/mol. The Morgan fingerprint density at radius 3 is 2.52 bits per heavy atom. The van der Waals surface area contributed by atoms with Gasteiger partial charge in [-0.05, 0) is 25.0 Å². The van der Waals surface area contributed by atoms with Gasteiger partial charge >= 0.3 is 5.97 Å². The van der Waals surface area contributed by atoms with Crippen molar-refractivity contribution in [1.82, 2.24) is 4.90 Å². The smallest absolute Gasteiger partial charge is 0.329 e. The van der Waals surface area contributed by atoms with Gasteiger partial charge in [-0.15, -0.1) is 11.8 Å². The van der Waals surface area contributed by atoms with Gasteiger partial charge in [0.25, 0.3) is 0 Å². The highest BCUT2D eigenvalue weighted by Gasteiger charge is 2.23. The maximum Gasteiger partial charge on any atom is 0.329 e. The monoisotopic (exact) mass is 309 g/mol. The third kappa shape index (κ3) is 5.40. The molecule has 1 saturated heterocycles. The van der Waals surface area contributed by atoms with Crippen molar-refractivity contribution in [1.29, 1.82) is 0 Å². The van der Waals surface area contributed by atoms with Gasteiger partial charge in [-0.2, -0.15) is 0 Å². The molecule has 2 rings (SSSR count). The zero-order valence-electron chi connectivity index (χ0n) is 11.7. The lowest BCUT2D eigenvalue weighted by atomic mass is 10.1. The number of carboxylic acids is 1. The summed E-state index contributed by atoms with van der Waals surface area (Å²) in [6.07, 6.45) is 1.36. The first-order valence-corrected chi connectivity index (χ1v) is 7.92. The topological polar surface area (TPSA) is 66.8 Å². The summed E-state index contributed by atoms with van der Waals surface area (Å²) >= 11 is 1.54. The molecule has 1 aromatic rings. The van der Waals surface area contributed by atoms with Gasteiger partial charge in [0.15, 0.2) is 0 Å². The van der Waals surface area contributed by atoms with Gasteiger partial charge in [-0.25, -0.2) is 4.79 Å². The molecule has 21 heavy (non-hydrogen) atoms. The fraction of sp³-hybridized carbons (Fsp3) is 0.467. The Labute approximate surface area is 128 Å². The van der Waals surface area contributed by atoms with Crippen molar-refractivity contribution in [3.8, 4) is 0 Å². The number of likely N-dealkylation sites (tertiary alicyclic amines) is 1. The maximum absolute atomic E-state index is 12.1. The predicted octanol–water partition coefficient (Wildman–Crippen LogP) is 1.87. The average Bonchev–Trinajstić information content (AvgIpc) is 2.52. The molecule has 1 heterocycles. The number of carbonyl (C=O) groups excluding carboxylic acids is 1. The van der Waals surface area contributed by atoms with E-state index in [0.29, 0.717) is 31.7 Å². The summed E-state index contributed by atoms with van der Waals surface area (Å²) in [5, 5.41) is 8.57. The number of hydrogen-bond acceptors (Lipinski definition) is 4. The molecule has 0 atom stereocenters. The van der Waals surface area contributed by atoms with E-state index in [9.17, 15) is 9.59 Å². The number of carboxylic acid groups (broad SMARTS) is 1. The van der Waals surface area contributed by atoms with Crippen LogP contribution in [0.15, 0.2) is 35.2 Å². The zero-order chi connectivity index (χ0) is 15.1. The number of carbonyl (C=O) groups is 2. The van der Waals surface area contributed by atoms with Gasteiger partial charge in [-0.3, -0.25) is 4.79 Å². The van der Waals surface area contributed by atoms with Crippen molar-refractivity contribution in [3.63, 3.8) is 0 Å². The van der Waals surface area contributed by atoms with Gasteiger partial charge in [0.2, 0.25) is 5.91 Å². The van der Waals surface area contributed by atoms with Crippen LogP contribution in [0.3, 0.4) is 0 Å². The summed E-state index contributed by atoms with van der Waals surface area (Å²) in [7, 11) is 0. The normalized spacial score (nSPS) is 15.9. The van der Waals surface area contributed by atoms with Crippen LogP contribution in [0.1, 0.15) is 12.8 Å². The standard InChI is InChI=1S/C15H19NO4S/c17-14(11-21-13-4-2-1-3-5-13)16-8-6-12(7-9-16)20-10-15(18)19/h1-5,12H,6-11H2,(H,18,19). The van der Waals surface area contributed by atoms with Crippen LogP contribution in [0, 0.1) is 0 Å². The van der Waals surface area contributed by atoms with Crippen LogP contribution in [-0.4, -0.2) is 53.4 Å². The molecule has 1 amide bonds. The van der Waals surface area contributed by atoms with Gasteiger partial charge in [0.1, 0.15) is 6.61 Å². The van der Waals surface area contributed by atoms with E-state index in [2.05, 4.69) is 0 Å². The van der Waals surface area contributed by atoms with Crippen LogP contribution in [-0.2, 0) is 14.3 Å². The third-order valence-corrected chi connectivity index (χ3v) is 4.34. The minimum Gasteiger partial charge on any atom is -0.480 e. The lowest BCUT2D eigenvalue weighted by Crippen LogP contribution is -2.42. The molecule has 0 bridgehead atoms. The summed E-state index contributed by atoms with van der Waals surface area (Å²) in [4.78, 5) is 25.5. The van der Waals surface area contributed by atoms with Crippen LogP contribution in [0.4, 0.5) is 0 Å². The SMILES string of the molecule is O=C(O)COC1CCN(C(=O)CSc2ccccc2)CC1. The van der Waals surface area contributed by atoms with E-state index in [0.717, 1.165) is 4.90 Å². The van der Waals surface area contributed by atoms with Crippen LogP contribution < -0.4 is 0 Å². The van der Waals surface area contributed by atoms with Crippen molar-refractivity contribution in [2.75, 3.05) is 25.4 Å². The molecule has 0 aromatic heterocycles. The fourth-order valence-corrected chi connectivity index (χ4v) is 3.04.